The number of hydrogen-bond donors (Lipinski definition) is 0. The molecule has 51 heavy (non-hydrogen) atoms. The summed E-state index contributed by atoms with van der Waals surface area (Å²) in [5.41, 5.74) is 9.22. The first-order valence-electron chi connectivity index (χ1n) is 17.4. The maximum atomic E-state index is 6.45. The molecule has 0 unspecified atom stereocenters. The Labute approximate surface area is 295 Å². The summed E-state index contributed by atoms with van der Waals surface area (Å²) >= 11 is 0. The molecule has 4 nitrogen and oxygen atoms in total. The molecule has 0 fully saturated rings. The largest absolute Gasteiger partial charge is 0.456 e. The molecule has 9 aromatic rings. The third-order valence-corrected chi connectivity index (χ3v) is 9.99. The van der Waals surface area contributed by atoms with Crippen LogP contribution in [0.3, 0.4) is 0 Å². The molecular formula is C47H31N3O. The highest BCUT2D eigenvalue weighted by Crippen LogP contribution is 2.39. The van der Waals surface area contributed by atoms with E-state index in [-0.39, 0.29) is 0 Å². The van der Waals surface area contributed by atoms with E-state index in [0.29, 0.717) is 17.5 Å². The van der Waals surface area contributed by atoms with Crippen LogP contribution in [-0.4, -0.2) is 15.0 Å². The number of rotatable bonds is 5. The summed E-state index contributed by atoms with van der Waals surface area (Å²) in [5, 5.41) is 7.01. The van der Waals surface area contributed by atoms with Gasteiger partial charge in [-0.15, -0.1) is 0 Å². The van der Waals surface area contributed by atoms with Gasteiger partial charge in [0.25, 0.3) is 0 Å². The highest BCUT2D eigenvalue weighted by atomic mass is 16.3. The van der Waals surface area contributed by atoms with Crippen molar-refractivity contribution in [1.82, 2.24) is 15.0 Å². The van der Waals surface area contributed by atoms with Gasteiger partial charge in [0, 0.05) is 27.5 Å². The first-order valence-corrected chi connectivity index (χ1v) is 17.4. The minimum Gasteiger partial charge on any atom is -0.456 e. The molecular weight excluding hydrogens is 623 g/mol. The Morgan fingerprint density at radius 1 is 0.451 bits per heavy atom. The van der Waals surface area contributed by atoms with Gasteiger partial charge in [-0.1, -0.05) is 133 Å². The van der Waals surface area contributed by atoms with E-state index in [1.807, 2.05) is 42.5 Å². The van der Waals surface area contributed by atoms with E-state index in [2.05, 4.69) is 121 Å². The van der Waals surface area contributed by atoms with Crippen LogP contribution in [0.25, 0.3) is 94.3 Å². The van der Waals surface area contributed by atoms with Crippen molar-refractivity contribution >= 4 is 49.1 Å². The molecule has 10 rings (SSSR count). The lowest BCUT2D eigenvalue weighted by atomic mass is 9.96. The van der Waals surface area contributed by atoms with Crippen molar-refractivity contribution in [3.05, 3.63) is 169 Å². The molecule has 7 aromatic carbocycles. The lowest BCUT2D eigenvalue weighted by Gasteiger charge is -2.12. The van der Waals surface area contributed by atoms with Gasteiger partial charge in [-0.05, 0) is 87.0 Å². The lowest BCUT2D eigenvalue weighted by molar-refractivity contribution is 0.669. The van der Waals surface area contributed by atoms with Crippen LogP contribution in [0.15, 0.2) is 168 Å². The number of fused-ring (bicyclic) bond motifs is 6. The van der Waals surface area contributed by atoms with Crippen molar-refractivity contribution in [3.63, 3.8) is 0 Å². The molecule has 0 saturated carbocycles. The van der Waals surface area contributed by atoms with Crippen molar-refractivity contribution in [2.45, 2.75) is 12.8 Å². The van der Waals surface area contributed by atoms with Crippen LogP contribution in [0.1, 0.15) is 18.4 Å². The van der Waals surface area contributed by atoms with E-state index >= 15 is 0 Å². The topological polar surface area (TPSA) is 51.8 Å². The van der Waals surface area contributed by atoms with Crippen molar-refractivity contribution in [2.75, 3.05) is 0 Å². The van der Waals surface area contributed by atoms with Gasteiger partial charge in [0.1, 0.15) is 11.2 Å². The molecule has 0 bridgehead atoms. The van der Waals surface area contributed by atoms with E-state index < -0.39 is 0 Å². The normalized spacial score (nSPS) is 13.0. The average Bonchev–Trinajstić information content (AvgIpc) is 3.59. The molecule has 0 aliphatic heterocycles. The molecule has 1 aliphatic rings. The van der Waals surface area contributed by atoms with Gasteiger partial charge in [0.2, 0.25) is 0 Å². The summed E-state index contributed by atoms with van der Waals surface area (Å²) in [6.07, 6.45) is 8.63. The molecule has 0 atom stereocenters. The van der Waals surface area contributed by atoms with Gasteiger partial charge >= 0.3 is 0 Å². The highest BCUT2D eigenvalue weighted by Gasteiger charge is 2.19. The first kappa shape index (κ1) is 29.3. The smallest absolute Gasteiger partial charge is 0.164 e. The zero-order valence-electron chi connectivity index (χ0n) is 27.8. The second-order valence-electron chi connectivity index (χ2n) is 13.1. The molecule has 2 heterocycles. The van der Waals surface area contributed by atoms with Gasteiger partial charge in [-0.25, -0.2) is 15.0 Å². The first-order chi connectivity index (χ1) is 25.2. The molecule has 0 spiro atoms. The van der Waals surface area contributed by atoms with Crippen LogP contribution < -0.4 is 0 Å². The molecule has 0 radical (unpaired) electrons. The van der Waals surface area contributed by atoms with Crippen molar-refractivity contribution in [3.8, 4) is 45.3 Å². The zero-order valence-corrected chi connectivity index (χ0v) is 27.8. The third kappa shape index (κ3) is 5.20. The highest BCUT2D eigenvalue weighted by molar-refractivity contribution is 6.13. The number of nitrogens with zero attached hydrogens (tertiary/aromatic N) is 3. The second kappa shape index (κ2) is 12.0. The second-order valence-corrected chi connectivity index (χ2v) is 13.1. The number of aromatic nitrogens is 3. The Kier molecular flexibility index (Phi) is 6.91. The fraction of sp³-hybridized carbons (Fsp3) is 0.0426. The van der Waals surface area contributed by atoms with Crippen LogP contribution in [0.5, 0.6) is 0 Å². The van der Waals surface area contributed by atoms with E-state index in [4.69, 9.17) is 19.4 Å². The number of allylic oxidation sites excluding steroid dienone is 4. The SMILES string of the molecule is C1=CCCC(c2cccc(-c3nc(-c4ccccc4)nc(-c4cccc5oc6ccc(-c7ccc8c(ccc9ccccc98)c7)cc6c45)n3)c2)=C1. The van der Waals surface area contributed by atoms with E-state index in [9.17, 15) is 0 Å². The molecule has 4 heteroatoms. The number of furan rings is 1. The summed E-state index contributed by atoms with van der Waals surface area (Å²) in [6.45, 7) is 0. The van der Waals surface area contributed by atoms with Crippen LogP contribution in [-0.2, 0) is 0 Å². The van der Waals surface area contributed by atoms with Crippen LogP contribution in [0.4, 0.5) is 0 Å². The quantitative estimate of drug-likeness (QED) is 0.173. The maximum Gasteiger partial charge on any atom is 0.164 e. The van der Waals surface area contributed by atoms with Gasteiger partial charge in [0.15, 0.2) is 17.5 Å². The predicted octanol–water partition coefficient (Wildman–Crippen LogP) is 12.5. The van der Waals surface area contributed by atoms with Gasteiger partial charge in [-0.3, -0.25) is 0 Å². The zero-order chi connectivity index (χ0) is 33.7. The molecule has 2 aromatic heterocycles. The third-order valence-electron chi connectivity index (χ3n) is 9.99. The van der Waals surface area contributed by atoms with Crippen LogP contribution in [0.2, 0.25) is 0 Å². The number of hydrogen-bond acceptors (Lipinski definition) is 4. The fourth-order valence-electron chi connectivity index (χ4n) is 7.43. The van der Waals surface area contributed by atoms with Crippen molar-refractivity contribution < 1.29 is 4.42 Å². The van der Waals surface area contributed by atoms with E-state index in [1.165, 1.54) is 32.7 Å². The van der Waals surface area contributed by atoms with Crippen LogP contribution >= 0.6 is 0 Å². The standard InChI is InChI=1S/C47H31N3O/c1-3-11-30(12-4-1)33-16-9-17-37(28-33)46-48-45(32-14-5-2-6-15-32)49-47(50-46)40-19-10-20-43-44(40)41-29-35(24-26-42(41)51-43)34-23-25-39-36(27-34)22-21-31-13-7-8-18-38(31)39/h1-3,5-11,13-29H,4,12H2. The monoisotopic (exact) mass is 653 g/mol. The molecule has 0 amide bonds. The average molecular weight is 654 g/mol. The molecule has 1 aliphatic carbocycles. The Balaban J connectivity index is 1.14. The lowest BCUT2D eigenvalue weighted by Crippen LogP contribution is -2.01. The van der Waals surface area contributed by atoms with Crippen molar-refractivity contribution in [2.24, 2.45) is 0 Å². The Morgan fingerprint density at radius 3 is 2.08 bits per heavy atom. The van der Waals surface area contributed by atoms with Crippen LogP contribution in [0, 0.1) is 0 Å². The summed E-state index contributed by atoms with van der Waals surface area (Å²) in [7, 11) is 0. The summed E-state index contributed by atoms with van der Waals surface area (Å²) < 4.78 is 6.45. The van der Waals surface area contributed by atoms with Gasteiger partial charge in [-0.2, -0.15) is 0 Å². The maximum absolute atomic E-state index is 6.45. The summed E-state index contributed by atoms with van der Waals surface area (Å²) in [6, 6.07) is 51.0. The van der Waals surface area contributed by atoms with Gasteiger partial charge < -0.3 is 4.42 Å². The summed E-state index contributed by atoms with van der Waals surface area (Å²) in [4.78, 5) is 15.3. The van der Waals surface area contributed by atoms with E-state index in [0.717, 1.165) is 62.6 Å². The minimum absolute atomic E-state index is 0.611. The Morgan fingerprint density at radius 2 is 1.18 bits per heavy atom. The number of benzene rings is 7. The van der Waals surface area contributed by atoms with Gasteiger partial charge in [0.05, 0.1) is 0 Å². The molecule has 240 valence electrons. The predicted molar refractivity (Wildman–Crippen MR) is 210 cm³/mol. The molecule has 0 saturated heterocycles. The van der Waals surface area contributed by atoms with Crippen molar-refractivity contribution in [1.29, 1.82) is 0 Å². The molecule has 0 N–H and O–H groups in total. The fourth-order valence-corrected chi connectivity index (χ4v) is 7.43. The Bertz CT molecular complexity index is 2860. The Hall–Kier alpha value is -6.65. The van der Waals surface area contributed by atoms with E-state index in [1.54, 1.807) is 0 Å². The summed E-state index contributed by atoms with van der Waals surface area (Å²) in [5.74, 6) is 1.89. The minimum atomic E-state index is 0.611.